The third kappa shape index (κ3) is 14.4. The molecule has 0 radical (unpaired) electrons. The Morgan fingerprint density at radius 2 is 0.923 bits per heavy atom. The van der Waals surface area contributed by atoms with Crippen molar-refractivity contribution in [3.63, 3.8) is 0 Å². The van der Waals surface area contributed by atoms with Crippen LogP contribution < -0.4 is 0 Å². The molecule has 0 heterocycles. The maximum absolute atomic E-state index is 10.7. The summed E-state index contributed by atoms with van der Waals surface area (Å²) >= 11 is 0. The van der Waals surface area contributed by atoms with Crippen LogP contribution in [0.15, 0.2) is 0 Å². The van der Waals surface area contributed by atoms with E-state index < -0.39 is 15.6 Å². The Balaban J connectivity index is -0.0000000245. The molecule has 0 aliphatic rings. The molecule has 0 saturated heterocycles. The van der Waals surface area contributed by atoms with E-state index in [0.717, 1.165) is 0 Å². The predicted octanol–water partition coefficient (Wildman–Crippen LogP) is -3.73. The molecule has 0 aliphatic carbocycles. The summed E-state index contributed by atoms with van der Waals surface area (Å²) in [5.41, 5.74) is -5.53. The van der Waals surface area contributed by atoms with Crippen LogP contribution in [0.4, 0.5) is 13.2 Å². The van der Waals surface area contributed by atoms with Crippen LogP contribution in [-0.4, -0.2) is 45.9 Å². The van der Waals surface area contributed by atoms with E-state index in [0.29, 0.717) is 0 Å². The monoisotopic (exact) mass is 240 g/mol. The van der Waals surface area contributed by atoms with Gasteiger partial charge in [0.2, 0.25) is 0 Å². The SMILES string of the molecule is O.O.O.O.O.O=S(=O)(O)C(F)(F)F. The molecule has 12 heteroatoms. The molecule has 0 unspecified atom stereocenters. The van der Waals surface area contributed by atoms with Crippen molar-refractivity contribution >= 4 is 10.1 Å². The largest absolute Gasteiger partial charge is 0.522 e. The Morgan fingerprint density at radius 3 is 0.923 bits per heavy atom. The van der Waals surface area contributed by atoms with Gasteiger partial charge >= 0.3 is 15.6 Å². The van der Waals surface area contributed by atoms with Crippen molar-refractivity contribution in [3.8, 4) is 0 Å². The first kappa shape index (κ1) is 39.1. The van der Waals surface area contributed by atoms with Gasteiger partial charge < -0.3 is 27.4 Å². The Bertz CT molecular complexity index is 168. The van der Waals surface area contributed by atoms with Gasteiger partial charge in [0, 0.05) is 0 Å². The maximum atomic E-state index is 10.7. The molecule has 0 aromatic heterocycles. The van der Waals surface area contributed by atoms with Crippen molar-refractivity contribution in [3.05, 3.63) is 0 Å². The molecule has 0 spiro atoms. The summed E-state index contributed by atoms with van der Waals surface area (Å²) in [6.45, 7) is 0. The molecule has 11 N–H and O–H groups in total. The summed E-state index contributed by atoms with van der Waals surface area (Å²) in [6.07, 6.45) is 0. The van der Waals surface area contributed by atoms with Crippen molar-refractivity contribution < 1.29 is 53.5 Å². The van der Waals surface area contributed by atoms with Crippen molar-refractivity contribution in [2.45, 2.75) is 5.51 Å². The Morgan fingerprint density at radius 1 is 0.846 bits per heavy atom. The lowest BCUT2D eigenvalue weighted by Crippen LogP contribution is -2.21. The summed E-state index contributed by atoms with van der Waals surface area (Å²) in [6, 6.07) is 0. The minimum Gasteiger partial charge on any atom is -0.412 e. The lowest BCUT2D eigenvalue weighted by Gasteiger charge is -1.97. The molecule has 0 bridgehead atoms. The van der Waals surface area contributed by atoms with Gasteiger partial charge in [-0.15, -0.1) is 0 Å². The maximum Gasteiger partial charge on any atom is 0.522 e. The number of halogens is 3. The van der Waals surface area contributed by atoms with Crippen LogP contribution in [0.2, 0.25) is 0 Å². The lowest BCUT2D eigenvalue weighted by molar-refractivity contribution is -0.0510. The van der Waals surface area contributed by atoms with E-state index in [-0.39, 0.29) is 27.4 Å². The second-order valence-electron chi connectivity index (χ2n) is 0.921. The molecule has 0 amide bonds. The van der Waals surface area contributed by atoms with Crippen LogP contribution in [0.5, 0.6) is 0 Å². The molecule has 13 heavy (non-hydrogen) atoms. The highest BCUT2D eigenvalue weighted by Gasteiger charge is 2.44. The van der Waals surface area contributed by atoms with Gasteiger partial charge in [-0.05, 0) is 0 Å². The van der Waals surface area contributed by atoms with Gasteiger partial charge in [0.05, 0.1) is 0 Å². The fraction of sp³-hybridized carbons (Fsp3) is 1.00. The first-order valence-corrected chi connectivity index (χ1v) is 2.73. The van der Waals surface area contributed by atoms with E-state index in [9.17, 15) is 13.2 Å². The molecular formula is CH11F3O8S. The van der Waals surface area contributed by atoms with E-state index in [2.05, 4.69) is 0 Å². The van der Waals surface area contributed by atoms with Gasteiger partial charge in [-0.3, -0.25) is 4.55 Å². The minimum absolute atomic E-state index is 0. The zero-order valence-electron chi connectivity index (χ0n) is 5.81. The van der Waals surface area contributed by atoms with Crippen LogP contribution in [-0.2, 0) is 10.1 Å². The standard InChI is InChI=1S/CHF3O3S.5H2O/c2-1(3,4)8(5,6)7;;;;;/h(H,5,6,7);5*1H2. The van der Waals surface area contributed by atoms with Gasteiger partial charge in [0.1, 0.15) is 0 Å². The molecule has 0 aromatic carbocycles. The highest BCUT2D eigenvalue weighted by Crippen LogP contribution is 2.20. The third-order valence-electron chi connectivity index (χ3n) is 0.292. The molecule has 8 nitrogen and oxygen atoms in total. The Kier molecular flexibility index (Phi) is 28.9. The molecule has 0 aromatic rings. The second-order valence-corrected chi connectivity index (χ2v) is 2.33. The van der Waals surface area contributed by atoms with Gasteiger partial charge in [0.25, 0.3) is 0 Å². The van der Waals surface area contributed by atoms with Crippen LogP contribution in [0.25, 0.3) is 0 Å². The van der Waals surface area contributed by atoms with E-state index >= 15 is 0 Å². The van der Waals surface area contributed by atoms with Gasteiger partial charge in [-0.1, -0.05) is 0 Å². The molecule has 0 rings (SSSR count). The quantitative estimate of drug-likeness (QED) is 0.334. The fourth-order valence-corrected chi connectivity index (χ4v) is 0. The minimum atomic E-state index is -5.84. The fourth-order valence-electron chi connectivity index (χ4n) is 0. The van der Waals surface area contributed by atoms with Crippen molar-refractivity contribution in [2.75, 3.05) is 0 Å². The highest BCUT2D eigenvalue weighted by atomic mass is 32.2. The van der Waals surface area contributed by atoms with Crippen molar-refractivity contribution in [1.29, 1.82) is 0 Å². The van der Waals surface area contributed by atoms with Gasteiger partial charge in [0.15, 0.2) is 0 Å². The average Bonchev–Trinajstić information content (AvgIpc) is 1.25. The molecular weight excluding hydrogens is 229 g/mol. The summed E-state index contributed by atoms with van der Waals surface area (Å²) in [5, 5.41) is 0. The zero-order chi connectivity index (χ0) is 7.00. The van der Waals surface area contributed by atoms with E-state index in [1.807, 2.05) is 0 Å². The van der Waals surface area contributed by atoms with Gasteiger partial charge in [-0.25, -0.2) is 0 Å². The summed E-state index contributed by atoms with van der Waals surface area (Å²) < 4.78 is 57.5. The first-order chi connectivity index (χ1) is 3.25. The number of hydrogen-bond donors (Lipinski definition) is 1. The Hall–Kier alpha value is -0.500. The van der Waals surface area contributed by atoms with Crippen LogP contribution in [0, 0.1) is 0 Å². The van der Waals surface area contributed by atoms with Crippen LogP contribution >= 0.6 is 0 Å². The number of alkyl halides is 3. The van der Waals surface area contributed by atoms with Crippen LogP contribution in [0.3, 0.4) is 0 Å². The summed E-state index contributed by atoms with van der Waals surface area (Å²) in [5.74, 6) is 0. The van der Waals surface area contributed by atoms with E-state index in [1.165, 1.54) is 0 Å². The lowest BCUT2D eigenvalue weighted by atomic mass is 11.6. The zero-order valence-corrected chi connectivity index (χ0v) is 6.62. The van der Waals surface area contributed by atoms with E-state index in [1.54, 1.807) is 0 Å². The average molecular weight is 240 g/mol. The number of rotatable bonds is 0. The van der Waals surface area contributed by atoms with Crippen LogP contribution in [0.1, 0.15) is 0 Å². The third-order valence-corrected chi connectivity index (χ3v) is 0.877. The van der Waals surface area contributed by atoms with Crippen molar-refractivity contribution in [1.82, 2.24) is 0 Å². The molecule has 0 atom stereocenters. The highest BCUT2D eigenvalue weighted by molar-refractivity contribution is 7.86. The first-order valence-electron chi connectivity index (χ1n) is 1.29. The molecule has 90 valence electrons. The normalized spacial score (nSPS) is 8.62. The van der Waals surface area contributed by atoms with Gasteiger partial charge in [-0.2, -0.15) is 21.6 Å². The molecule has 0 aliphatic heterocycles. The Labute approximate surface area is 70.3 Å². The summed E-state index contributed by atoms with van der Waals surface area (Å²) in [4.78, 5) is 0. The predicted molar refractivity (Wildman–Crippen MR) is 35.7 cm³/mol. The molecule has 0 fully saturated rings. The summed E-state index contributed by atoms with van der Waals surface area (Å²) in [7, 11) is -5.84. The van der Waals surface area contributed by atoms with E-state index in [4.69, 9.17) is 13.0 Å². The molecule has 0 saturated carbocycles. The smallest absolute Gasteiger partial charge is 0.412 e. The number of hydrogen-bond acceptors (Lipinski definition) is 2. The second kappa shape index (κ2) is 9.59. The van der Waals surface area contributed by atoms with Crippen molar-refractivity contribution in [2.24, 2.45) is 0 Å². The topological polar surface area (TPSA) is 212 Å².